The van der Waals surface area contributed by atoms with Gasteiger partial charge in [0, 0.05) is 0 Å². The second-order valence-corrected chi connectivity index (χ2v) is 5.85. The fourth-order valence-electron chi connectivity index (χ4n) is 3.45. The van der Waals surface area contributed by atoms with Crippen LogP contribution in [-0.4, -0.2) is 0 Å². The van der Waals surface area contributed by atoms with E-state index < -0.39 is 0 Å². The Hall–Kier alpha value is -0.520. The van der Waals surface area contributed by atoms with E-state index in [0.717, 1.165) is 23.7 Å². The molecular formula is C15H24. The van der Waals surface area contributed by atoms with Crippen molar-refractivity contribution in [1.82, 2.24) is 0 Å². The molecule has 3 atom stereocenters. The highest BCUT2D eigenvalue weighted by Crippen LogP contribution is 2.46. The Morgan fingerprint density at radius 3 is 2.67 bits per heavy atom. The summed E-state index contributed by atoms with van der Waals surface area (Å²) in [5, 5.41) is 0. The van der Waals surface area contributed by atoms with E-state index in [1.807, 2.05) is 0 Å². The summed E-state index contributed by atoms with van der Waals surface area (Å²) in [5.74, 6) is 3.41. The van der Waals surface area contributed by atoms with E-state index in [2.05, 4.69) is 33.4 Å². The molecule has 0 unspecified atom stereocenters. The van der Waals surface area contributed by atoms with Gasteiger partial charge in [0.05, 0.1) is 0 Å². The number of rotatable bonds is 1. The molecule has 2 aliphatic carbocycles. The van der Waals surface area contributed by atoms with Gasteiger partial charge in [-0.05, 0) is 49.4 Å². The van der Waals surface area contributed by atoms with Gasteiger partial charge in [-0.25, -0.2) is 0 Å². The van der Waals surface area contributed by atoms with Crippen LogP contribution in [0.4, 0.5) is 0 Å². The average molecular weight is 204 g/mol. The normalized spacial score (nSPS) is 36.4. The molecule has 2 rings (SSSR count). The van der Waals surface area contributed by atoms with Gasteiger partial charge in [0.2, 0.25) is 0 Å². The largest absolute Gasteiger partial charge is 0.0958 e. The van der Waals surface area contributed by atoms with Gasteiger partial charge >= 0.3 is 0 Å². The summed E-state index contributed by atoms with van der Waals surface area (Å²) in [6, 6.07) is 0. The zero-order valence-electron chi connectivity index (χ0n) is 10.4. The predicted molar refractivity (Wildman–Crippen MR) is 66.7 cm³/mol. The molecule has 0 aliphatic heterocycles. The summed E-state index contributed by atoms with van der Waals surface area (Å²) in [7, 11) is 0. The molecule has 0 aromatic rings. The van der Waals surface area contributed by atoms with E-state index in [0.29, 0.717) is 0 Å². The van der Waals surface area contributed by atoms with Crippen LogP contribution in [0.1, 0.15) is 46.5 Å². The summed E-state index contributed by atoms with van der Waals surface area (Å²) in [6.45, 7) is 11.3. The van der Waals surface area contributed by atoms with E-state index in [1.54, 1.807) is 5.57 Å². The van der Waals surface area contributed by atoms with E-state index >= 15 is 0 Å². The average Bonchev–Trinajstić information content (AvgIpc) is 2.17. The van der Waals surface area contributed by atoms with Gasteiger partial charge in [-0.3, -0.25) is 0 Å². The lowest BCUT2D eigenvalue weighted by atomic mass is 9.64. The van der Waals surface area contributed by atoms with E-state index in [-0.39, 0.29) is 0 Å². The summed E-state index contributed by atoms with van der Waals surface area (Å²) in [5.41, 5.74) is 3.10. The van der Waals surface area contributed by atoms with Crippen molar-refractivity contribution in [2.24, 2.45) is 23.7 Å². The van der Waals surface area contributed by atoms with Crippen LogP contribution in [-0.2, 0) is 0 Å². The van der Waals surface area contributed by atoms with Crippen LogP contribution >= 0.6 is 0 Å². The first-order chi connectivity index (χ1) is 7.09. The molecule has 2 aliphatic rings. The maximum Gasteiger partial charge on any atom is -0.0168 e. The first-order valence-corrected chi connectivity index (χ1v) is 6.49. The summed E-state index contributed by atoms with van der Waals surface area (Å²) in [4.78, 5) is 0. The Bertz CT molecular complexity index is 282. The minimum Gasteiger partial charge on any atom is -0.0958 e. The highest BCUT2D eigenvalue weighted by molar-refractivity contribution is 5.30. The van der Waals surface area contributed by atoms with Crippen molar-refractivity contribution in [2.45, 2.75) is 46.5 Å². The highest BCUT2D eigenvalue weighted by Gasteiger charge is 2.35. The molecule has 0 spiro atoms. The van der Waals surface area contributed by atoms with E-state index in [4.69, 9.17) is 0 Å². The highest BCUT2D eigenvalue weighted by atomic mass is 14.4. The minimum atomic E-state index is 0.803. The Morgan fingerprint density at radius 1 is 1.27 bits per heavy atom. The minimum absolute atomic E-state index is 0.803. The first-order valence-electron chi connectivity index (χ1n) is 6.49. The van der Waals surface area contributed by atoms with E-state index in [1.165, 1.54) is 31.3 Å². The van der Waals surface area contributed by atoms with Crippen molar-refractivity contribution in [3.8, 4) is 0 Å². The van der Waals surface area contributed by atoms with Crippen LogP contribution in [0.25, 0.3) is 0 Å². The molecule has 0 nitrogen and oxygen atoms in total. The molecule has 0 aromatic heterocycles. The fourth-order valence-corrected chi connectivity index (χ4v) is 3.45. The Kier molecular flexibility index (Phi) is 3.04. The zero-order valence-corrected chi connectivity index (χ0v) is 10.4. The number of allylic oxidation sites excluding steroid dienone is 3. The molecule has 0 radical (unpaired) electrons. The third-order valence-electron chi connectivity index (χ3n) is 4.43. The van der Waals surface area contributed by atoms with Crippen LogP contribution in [0.15, 0.2) is 23.8 Å². The van der Waals surface area contributed by atoms with Gasteiger partial charge in [0.1, 0.15) is 0 Å². The van der Waals surface area contributed by atoms with Gasteiger partial charge in [0.25, 0.3) is 0 Å². The monoisotopic (exact) mass is 204 g/mol. The Labute approximate surface area is 94.5 Å². The summed E-state index contributed by atoms with van der Waals surface area (Å²) >= 11 is 0. The van der Waals surface area contributed by atoms with Crippen LogP contribution in [0.5, 0.6) is 0 Å². The molecule has 0 amide bonds. The molecule has 0 N–H and O–H groups in total. The van der Waals surface area contributed by atoms with E-state index in [9.17, 15) is 0 Å². The predicted octanol–water partition coefficient (Wildman–Crippen LogP) is 4.58. The molecule has 0 heterocycles. The molecule has 1 fully saturated rings. The van der Waals surface area contributed by atoms with Crippen LogP contribution < -0.4 is 0 Å². The molecule has 15 heavy (non-hydrogen) atoms. The van der Waals surface area contributed by atoms with Crippen molar-refractivity contribution < 1.29 is 0 Å². The van der Waals surface area contributed by atoms with Crippen molar-refractivity contribution in [3.63, 3.8) is 0 Å². The molecule has 0 bridgehead atoms. The van der Waals surface area contributed by atoms with Crippen molar-refractivity contribution in [2.75, 3.05) is 0 Å². The van der Waals surface area contributed by atoms with Gasteiger partial charge in [-0.2, -0.15) is 0 Å². The Balaban J connectivity index is 2.27. The standard InChI is InChI=1S/C15H24/c1-10(2)13-8-6-12(4)14-7-5-11(3)9-15(13)14/h9-10,12-14H,3,5-8H2,1-2,4H3/t12-,13+,14-/m1/s1. The maximum absolute atomic E-state index is 4.15. The first kappa shape index (κ1) is 11.0. The number of fused-ring (bicyclic) bond motifs is 1. The second-order valence-electron chi connectivity index (χ2n) is 5.85. The van der Waals surface area contributed by atoms with Gasteiger partial charge in [-0.1, -0.05) is 44.6 Å². The molecule has 84 valence electrons. The lowest BCUT2D eigenvalue weighted by Gasteiger charge is -2.41. The van der Waals surface area contributed by atoms with Crippen LogP contribution in [0.2, 0.25) is 0 Å². The lowest BCUT2D eigenvalue weighted by Crippen LogP contribution is -2.30. The van der Waals surface area contributed by atoms with Crippen molar-refractivity contribution in [1.29, 1.82) is 0 Å². The lowest BCUT2D eigenvalue weighted by molar-refractivity contribution is 0.224. The third-order valence-corrected chi connectivity index (χ3v) is 4.43. The SMILES string of the molecule is C=C1C=C2[C@H](C(C)C)CC[C@@H](C)[C@H]2CC1. The molecule has 0 aromatic carbocycles. The van der Waals surface area contributed by atoms with Crippen molar-refractivity contribution >= 4 is 0 Å². The van der Waals surface area contributed by atoms with Gasteiger partial charge < -0.3 is 0 Å². The zero-order chi connectivity index (χ0) is 11.0. The maximum atomic E-state index is 4.15. The molecule has 1 saturated carbocycles. The number of hydrogen-bond acceptors (Lipinski definition) is 0. The molecule has 0 saturated heterocycles. The van der Waals surface area contributed by atoms with Crippen LogP contribution in [0, 0.1) is 23.7 Å². The summed E-state index contributed by atoms with van der Waals surface area (Å²) < 4.78 is 0. The topological polar surface area (TPSA) is 0 Å². The quantitative estimate of drug-likeness (QED) is 0.586. The fraction of sp³-hybridized carbons (Fsp3) is 0.733. The number of hydrogen-bond donors (Lipinski definition) is 0. The molecule has 0 heteroatoms. The van der Waals surface area contributed by atoms with Gasteiger partial charge in [0.15, 0.2) is 0 Å². The molecular weight excluding hydrogens is 180 g/mol. The van der Waals surface area contributed by atoms with Crippen LogP contribution in [0.3, 0.4) is 0 Å². The third kappa shape index (κ3) is 2.04. The summed E-state index contributed by atoms with van der Waals surface area (Å²) in [6.07, 6.45) is 7.83. The van der Waals surface area contributed by atoms with Gasteiger partial charge in [-0.15, -0.1) is 0 Å². The van der Waals surface area contributed by atoms with Crippen molar-refractivity contribution in [3.05, 3.63) is 23.8 Å². The smallest absolute Gasteiger partial charge is 0.0168 e. The second kappa shape index (κ2) is 4.15. The Morgan fingerprint density at radius 2 is 2.00 bits per heavy atom.